The molecule has 1 amide bonds. The predicted octanol–water partition coefficient (Wildman–Crippen LogP) is 5.10. The highest BCUT2D eigenvalue weighted by molar-refractivity contribution is 5.76. The number of amides is 1. The van der Waals surface area contributed by atoms with Crippen LogP contribution in [-0.2, 0) is 23.7 Å². The van der Waals surface area contributed by atoms with Crippen molar-refractivity contribution >= 4 is 5.91 Å². The van der Waals surface area contributed by atoms with Crippen LogP contribution in [0.4, 0.5) is 0 Å². The Balaban J connectivity index is 1.88. The van der Waals surface area contributed by atoms with Crippen LogP contribution in [0.25, 0.3) is 0 Å². The minimum Gasteiger partial charge on any atom is -0.394 e. The molecule has 0 spiro atoms. The van der Waals surface area contributed by atoms with E-state index in [1.807, 2.05) is 6.08 Å². The number of aliphatic hydroxyl groups excluding tert-OH is 8. The molecule has 62 heavy (non-hydrogen) atoms. The van der Waals surface area contributed by atoms with E-state index in [1.54, 1.807) is 6.08 Å². The smallest absolute Gasteiger partial charge is 0.220 e. The molecule has 14 heteroatoms. The summed E-state index contributed by atoms with van der Waals surface area (Å²) in [6, 6.07) is -0.936. The van der Waals surface area contributed by atoms with Crippen LogP contribution in [0, 0.1) is 0 Å². The van der Waals surface area contributed by atoms with Crippen LogP contribution < -0.4 is 5.32 Å². The Morgan fingerprint density at radius 1 is 0.597 bits per heavy atom. The van der Waals surface area contributed by atoms with Crippen LogP contribution in [0.5, 0.6) is 0 Å². The van der Waals surface area contributed by atoms with Crippen LogP contribution in [0.2, 0.25) is 0 Å². The molecule has 358 valence electrons. The number of carbonyl (C=O) groups is 1. The Bertz CT molecular complexity index is 1270. The van der Waals surface area contributed by atoms with Gasteiger partial charge in [-0.2, -0.15) is 0 Å². The second kappa shape index (κ2) is 35.0. The van der Waals surface area contributed by atoms with E-state index in [2.05, 4.69) is 67.8 Å². The fraction of sp³-hybridized carbons (Fsp3) is 0.771. The van der Waals surface area contributed by atoms with Gasteiger partial charge in [0.05, 0.1) is 32.0 Å². The van der Waals surface area contributed by atoms with Crippen LogP contribution >= 0.6 is 0 Å². The maximum atomic E-state index is 13.1. The van der Waals surface area contributed by atoms with Gasteiger partial charge in [0.2, 0.25) is 5.91 Å². The maximum Gasteiger partial charge on any atom is 0.220 e. The summed E-state index contributed by atoms with van der Waals surface area (Å²) in [6.45, 7) is 2.59. The number of carbonyl (C=O) groups excluding carboxylic acids is 1. The van der Waals surface area contributed by atoms with Crippen molar-refractivity contribution in [3.63, 3.8) is 0 Å². The lowest BCUT2D eigenvalue weighted by molar-refractivity contribution is -0.359. The monoisotopic (exact) mass is 882 g/mol. The molecular weight excluding hydrogens is 799 g/mol. The van der Waals surface area contributed by atoms with Gasteiger partial charge in [-0.3, -0.25) is 4.79 Å². The summed E-state index contributed by atoms with van der Waals surface area (Å²) in [7, 11) is 0. The van der Waals surface area contributed by atoms with Gasteiger partial charge in [-0.1, -0.05) is 132 Å². The summed E-state index contributed by atoms with van der Waals surface area (Å²) < 4.78 is 22.6. The van der Waals surface area contributed by atoms with Gasteiger partial charge in [0.15, 0.2) is 12.6 Å². The maximum absolute atomic E-state index is 13.1. The van der Waals surface area contributed by atoms with E-state index in [9.17, 15) is 45.6 Å². The van der Waals surface area contributed by atoms with Crippen molar-refractivity contribution in [3.8, 4) is 0 Å². The van der Waals surface area contributed by atoms with Gasteiger partial charge in [0.1, 0.15) is 48.8 Å². The average molecular weight is 882 g/mol. The lowest BCUT2D eigenvalue weighted by atomic mass is 9.97. The number of hydrogen-bond acceptors (Lipinski definition) is 13. The highest BCUT2D eigenvalue weighted by atomic mass is 16.7. The normalized spacial score (nSPS) is 28.3. The lowest BCUT2D eigenvalue weighted by Gasteiger charge is -2.46. The second-order valence-corrected chi connectivity index (χ2v) is 16.5. The van der Waals surface area contributed by atoms with E-state index < -0.39 is 86.8 Å². The van der Waals surface area contributed by atoms with Crippen molar-refractivity contribution in [2.24, 2.45) is 0 Å². The molecule has 14 nitrogen and oxygen atoms in total. The molecule has 2 fully saturated rings. The minimum atomic E-state index is -1.79. The third-order valence-electron chi connectivity index (χ3n) is 11.2. The van der Waals surface area contributed by atoms with Crippen LogP contribution in [-0.4, -0.2) is 140 Å². The number of nitrogens with one attached hydrogen (secondary N) is 1. The van der Waals surface area contributed by atoms with Crippen molar-refractivity contribution < 1.29 is 64.6 Å². The number of hydrogen-bond donors (Lipinski definition) is 9. The molecule has 2 heterocycles. The lowest BCUT2D eigenvalue weighted by Crippen LogP contribution is -2.65. The molecule has 0 aromatic carbocycles. The highest BCUT2D eigenvalue weighted by Gasteiger charge is 2.50. The van der Waals surface area contributed by atoms with Crippen molar-refractivity contribution in [1.29, 1.82) is 0 Å². The Labute approximate surface area is 371 Å². The van der Waals surface area contributed by atoms with Crippen molar-refractivity contribution in [2.75, 3.05) is 19.8 Å². The van der Waals surface area contributed by atoms with Gasteiger partial charge in [-0.25, -0.2) is 0 Å². The SMILES string of the molecule is CC/C=C\C/C=C\C/C=C\CCCCCCCCCC(=O)NC(COC1OC(CO)C(OC2OC(CO)C(O)C(O)C2O)C(O)C1O)C(O)/C=C/CC/C=C/CCCCCCC. The van der Waals surface area contributed by atoms with Crippen molar-refractivity contribution in [2.45, 2.75) is 216 Å². The number of allylic oxidation sites excluding steroid dienone is 9. The fourth-order valence-corrected chi connectivity index (χ4v) is 7.32. The first-order valence-corrected chi connectivity index (χ1v) is 23.5. The van der Waals surface area contributed by atoms with Gasteiger partial charge < -0.3 is 65.1 Å². The molecule has 0 aromatic heterocycles. The summed E-state index contributed by atoms with van der Waals surface area (Å²) in [4.78, 5) is 13.1. The molecule has 2 aliphatic rings. The predicted molar refractivity (Wildman–Crippen MR) is 240 cm³/mol. The van der Waals surface area contributed by atoms with Gasteiger partial charge in [0.25, 0.3) is 0 Å². The van der Waals surface area contributed by atoms with Crippen LogP contribution in [0.15, 0.2) is 60.8 Å². The molecule has 2 aliphatic heterocycles. The standard InChI is InChI=1S/C48H83NO13/c1-3-5-7-9-11-13-15-16-17-18-19-20-22-24-26-28-30-32-40(53)49-36(37(52)31-29-27-25-23-21-14-12-10-8-6-4-2)35-59-47-45(58)43(56)46(39(34-51)61-47)62-48-44(57)42(55)41(54)38(33-50)60-48/h5,7,11,13,16-17,21,23,29,31,36-39,41-48,50-52,54-58H,3-4,6,8-10,12,14-15,18-20,22,24-28,30,32-35H2,1-2H3,(H,49,53)/b7-5-,13-11-,17-16-,23-21+,31-29+. The third-order valence-corrected chi connectivity index (χ3v) is 11.2. The average Bonchev–Trinajstić information content (AvgIpc) is 3.27. The molecule has 0 bridgehead atoms. The largest absolute Gasteiger partial charge is 0.394 e. The number of unbranched alkanes of at least 4 members (excludes halogenated alkanes) is 13. The molecular formula is C48H83NO13. The molecule has 12 atom stereocenters. The molecule has 2 saturated heterocycles. The first kappa shape index (κ1) is 55.8. The summed E-state index contributed by atoms with van der Waals surface area (Å²) in [5.41, 5.74) is 0. The Hall–Kier alpha value is -2.31. The number of rotatable bonds is 34. The van der Waals surface area contributed by atoms with Gasteiger partial charge in [-0.05, 0) is 64.2 Å². The first-order valence-electron chi connectivity index (χ1n) is 23.5. The molecule has 2 rings (SSSR count). The zero-order valence-electron chi connectivity index (χ0n) is 37.6. The summed E-state index contributed by atoms with van der Waals surface area (Å²) in [6.07, 6.45) is 24.1. The van der Waals surface area contributed by atoms with Crippen molar-refractivity contribution in [3.05, 3.63) is 60.8 Å². The Morgan fingerprint density at radius 2 is 1.13 bits per heavy atom. The van der Waals surface area contributed by atoms with E-state index in [4.69, 9.17) is 18.9 Å². The van der Waals surface area contributed by atoms with E-state index in [1.165, 1.54) is 38.5 Å². The van der Waals surface area contributed by atoms with Gasteiger partial charge >= 0.3 is 0 Å². The minimum absolute atomic E-state index is 0.259. The molecule has 0 aliphatic carbocycles. The molecule has 0 radical (unpaired) electrons. The summed E-state index contributed by atoms with van der Waals surface area (Å²) in [5, 5.41) is 86.4. The zero-order valence-corrected chi connectivity index (χ0v) is 37.6. The van der Waals surface area contributed by atoms with Gasteiger partial charge in [0, 0.05) is 6.42 Å². The van der Waals surface area contributed by atoms with Gasteiger partial charge in [-0.15, -0.1) is 0 Å². The Morgan fingerprint density at radius 3 is 1.77 bits per heavy atom. The third kappa shape index (κ3) is 22.5. The van der Waals surface area contributed by atoms with E-state index in [0.717, 1.165) is 70.6 Å². The zero-order chi connectivity index (χ0) is 45.4. The quantitative estimate of drug-likeness (QED) is 0.0304. The molecule has 12 unspecified atom stereocenters. The highest BCUT2D eigenvalue weighted by Crippen LogP contribution is 2.30. The first-order chi connectivity index (χ1) is 30.1. The Kier molecular flexibility index (Phi) is 31.5. The van der Waals surface area contributed by atoms with E-state index >= 15 is 0 Å². The number of aliphatic hydroxyl groups is 8. The molecule has 0 aromatic rings. The van der Waals surface area contributed by atoms with Crippen LogP contribution in [0.3, 0.4) is 0 Å². The van der Waals surface area contributed by atoms with Crippen LogP contribution in [0.1, 0.15) is 142 Å². The molecule has 9 N–H and O–H groups in total. The van der Waals surface area contributed by atoms with E-state index in [0.29, 0.717) is 12.8 Å². The summed E-state index contributed by atoms with van der Waals surface area (Å²) >= 11 is 0. The van der Waals surface area contributed by atoms with E-state index in [-0.39, 0.29) is 18.9 Å². The summed E-state index contributed by atoms with van der Waals surface area (Å²) in [5.74, 6) is -0.265. The van der Waals surface area contributed by atoms with Crippen molar-refractivity contribution in [1.82, 2.24) is 5.32 Å². The number of ether oxygens (including phenoxy) is 4. The second-order valence-electron chi connectivity index (χ2n) is 16.5. The topological polar surface area (TPSA) is 228 Å². The molecule has 0 saturated carbocycles. The fourth-order valence-electron chi connectivity index (χ4n) is 7.32.